The predicted octanol–water partition coefficient (Wildman–Crippen LogP) is 7.68. The van der Waals surface area contributed by atoms with Gasteiger partial charge in [-0.2, -0.15) is 12.7 Å². The second-order valence-electron chi connectivity index (χ2n) is 12.0. The van der Waals surface area contributed by atoms with E-state index >= 15 is 0 Å². The van der Waals surface area contributed by atoms with Gasteiger partial charge >= 0.3 is 16.3 Å². The minimum absolute atomic E-state index is 0.0410. The van der Waals surface area contributed by atoms with Gasteiger partial charge < -0.3 is 5.11 Å². The number of aryl methyl sites for hydroxylation is 1. The molecule has 0 spiro atoms. The molecule has 0 aliphatic rings. The Bertz CT molecular complexity index is 1140. The highest BCUT2D eigenvalue weighted by molar-refractivity contribution is 7.94. The summed E-state index contributed by atoms with van der Waals surface area (Å²) in [6.45, 7) is 21.7. The summed E-state index contributed by atoms with van der Waals surface area (Å²) in [6.07, 6.45) is -1.55. The molecule has 0 aliphatic heterocycles. The summed E-state index contributed by atoms with van der Waals surface area (Å²) in [6, 6.07) is 9.45. The van der Waals surface area contributed by atoms with Crippen molar-refractivity contribution in [3.05, 3.63) is 58.1 Å². The molecule has 6 nitrogen and oxygen atoms in total. The van der Waals surface area contributed by atoms with Crippen LogP contribution < -0.4 is 9.03 Å². The van der Waals surface area contributed by atoms with E-state index in [1.165, 1.54) is 0 Å². The van der Waals surface area contributed by atoms with Crippen LogP contribution in [0.5, 0.6) is 0 Å². The zero-order chi connectivity index (χ0) is 27.1. The molecule has 0 heterocycles. The normalized spacial score (nSPS) is 12.8. The summed E-state index contributed by atoms with van der Waals surface area (Å²) < 4.78 is 31.2. The Morgan fingerprint density at radius 2 is 1.29 bits per heavy atom. The Labute approximate surface area is 211 Å². The molecule has 0 radical (unpaired) electrons. The molecule has 0 atom stereocenters. The van der Waals surface area contributed by atoms with Gasteiger partial charge in [-0.05, 0) is 51.8 Å². The zero-order valence-electron chi connectivity index (χ0n) is 23.1. The quantitative estimate of drug-likeness (QED) is 0.424. The van der Waals surface area contributed by atoms with E-state index < -0.39 is 27.1 Å². The standard InChI is InChI=1S/C28H42N2O4S/c1-17(2)20-13-12-14-21(18(3)4)24(20)29-35(33,34)30(26(31)32)25-22(27(6,7)8)15-19(5)16-23(25)28(9,10)11/h12-18,29H,1-11H3,(H,31,32). The summed E-state index contributed by atoms with van der Waals surface area (Å²) in [4.78, 5) is 12.7. The Hall–Kier alpha value is -2.54. The lowest BCUT2D eigenvalue weighted by atomic mass is 9.77. The van der Waals surface area contributed by atoms with Crippen molar-refractivity contribution in [2.45, 2.75) is 98.8 Å². The van der Waals surface area contributed by atoms with Gasteiger partial charge in [0.2, 0.25) is 0 Å². The van der Waals surface area contributed by atoms with Gasteiger partial charge in [0, 0.05) is 0 Å². The molecule has 2 rings (SSSR count). The van der Waals surface area contributed by atoms with Crippen LogP contribution in [-0.4, -0.2) is 19.6 Å². The molecular formula is C28H42N2O4S. The van der Waals surface area contributed by atoms with Crippen LogP contribution >= 0.6 is 0 Å². The van der Waals surface area contributed by atoms with Gasteiger partial charge in [0.25, 0.3) is 0 Å². The molecule has 7 heteroatoms. The van der Waals surface area contributed by atoms with Gasteiger partial charge in [-0.15, -0.1) is 0 Å². The van der Waals surface area contributed by atoms with Gasteiger partial charge in [0.15, 0.2) is 0 Å². The first kappa shape index (κ1) is 28.7. The third-order valence-electron chi connectivity index (χ3n) is 6.09. The molecular weight excluding hydrogens is 460 g/mol. The van der Waals surface area contributed by atoms with E-state index in [2.05, 4.69) is 4.72 Å². The maximum atomic E-state index is 14.0. The summed E-state index contributed by atoms with van der Waals surface area (Å²) in [5.41, 5.74) is 3.57. The molecule has 0 unspecified atom stereocenters. The number of carbonyl (C=O) groups is 1. The highest BCUT2D eigenvalue weighted by Gasteiger charge is 2.38. The monoisotopic (exact) mass is 502 g/mol. The van der Waals surface area contributed by atoms with Crippen molar-refractivity contribution in [1.82, 2.24) is 0 Å². The topological polar surface area (TPSA) is 86.7 Å². The van der Waals surface area contributed by atoms with Crippen molar-refractivity contribution in [2.75, 3.05) is 9.03 Å². The number of hydrogen-bond acceptors (Lipinski definition) is 3. The summed E-state index contributed by atoms with van der Waals surface area (Å²) in [7, 11) is -4.53. The van der Waals surface area contributed by atoms with E-state index in [0.717, 1.165) is 16.7 Å². The Morgan fingerprint density at radius 1 is 0.886 bits per heavy atom. The average molecular weight is 503 g/mol. The molecule has 0 aliphatic carbocycles. The van der Waals surface area contributed by atoms with Crippen molar-refractivity contribution in [2.24, 2.45) is 0 Å². The number of nitrogens with one attached hydrogen (secondary N) is 1. The summed E-state index contributed by atoms with van der Waals surface area (Å²) in [5, 5.41) is 10.4. The maximum Gasteiger partial charge on any atom is 0.427 e. The summed E-state index contributed by atoms with van der Waals surface area (Å²) >= 11 is 0. The fraction of sp³-hybridized carbons (Fsp3) is 0.536. The lowest BCUT2D eigenvalue weighted by Crippen LogP contribution is -2.43. The molecule has 2 aromatic carbocycles. The van der Waals surface area contributed by atoms with E-state index in [9.17, 15) is 18.3 Å². The van der Waals surface area contributed by atoms with E-state index in [1.54, 1.807) is 0 Å². The van der Waals surface area contributed by atoms with Gasteiger partial charge in [-0.3, -0.25) is 4.72 Å². The Morgan fingerprint density at radius 3 is 1.60 bits per heavy atom. The van der Waals surface area contributed by atoms with Crippen LogP contribution in [0.15, 0.2) is 30.3 Å². The first-order chi connectivity index (χ1) is 15.8. The highest BCUT2D eigenvalue weighted by Crippen LogP contribution is 2.43. The third-order valence-corrected chi connectivity index (χ3v) is 7.37. The number of hydrogen-bond donors (Lipinski definition) is 2. The zero-order valence-corrected chi connectivity index (χ0v) is 23.9. The van der Waals surface area contributed by atoms with Crippen molar-refractivity contribution in [3.8, 4) is 0 Å². The minimum atomic E-state index is -4.53. The molecule has 2 aromatic rings. The van der Waals surface area contributed by atoms with Crippen molar-refractivity contribution in [1.29, 1.82) is 0 Å². The Balaban J connectivity index is 2.92. The fourth-order valence-corrected chi connectivity index (χ4v) is 5.53. The SMILES string of the molecule is Cc1cc(C(C)(C)C)c(N(C(=O)O)S(=O)(=O)Nc2c(C(C)C)cccc2C(C)C)c(C(C)(C)C)c1. The molecule has 0 aromatic heterocycles. The molecule has 0 saturated heterocycles. The van der Waals surface area contributed by atoms with Gasteiger partial charge in [-0.25, -0.2) is 4.79 Å². The van der Waals surface area contributed by atoms with Crippen LogP contribution in [0.1, 0.15) is 109 Å². The summed E-state index contributed by atoms with van der Waals surface area (Å²) in [5.74, 6) is 0.0821. The second kappa shape index (κ2) is 9.84. The first-order valence-electron chi connectivity index (χ1n) is 12.1. The van der Waals surface area contributed by atoms with Gasteiger partial charge in [0.05, 0.1) is 11.4 Å². The number of para-hydroxylation sites is 1. The van der Waals surface area contributed by atoms with Crippen LogP contribution in [0.4, 0.5) is 16.2 Å². The van der Waals surface area contributed by atoms with E-state index in [1.807, 2.05) is 106 Å². The van der Waals surface area contributed by atoms with Crippen LogP contribution in [-0.2, 0) is 21.0 Å². The molecule has 35 heavy (non-hydrogen) atoms. The Kier molecular flexibility index (Phi) is 8.07. The molecule has 1 amide bonds. The van der Waals surface area contributed by atoms with Crippen molar-refractivity contribution >= 4 is 27.7 Å². The molecule has 194 valence electrons. The highest BCUT2D eigenvalue weighted by atomic mass is 32.2. The van der Waals surface area contributed by atoms with Crippen molar-refractivity contribution < 1.29 is 18.3 Å². The predicted molar refractivity (Wildman–Crippen MR) is 146 cm³/mol. The molecule has 2 N–H and O–H groups in total. The maximum absolute atomic E-state index is 14.0. The lowest BCUT2D eigenvalue weighted by molar-refractivity contribution is 0.206. The third kappa shape index (κ3) is 6.18. The molecule has 0 fully saturated rings. The van der Waals surface area contributed by atoms with Crippen LogP contribution in [0.25, 0.3) is 0 Å². The number of amides is 1. The van der Waals surface area contributed by atoms with Gasteiger partial charge in [-0.1, -0.05) is 105 Å². The van der Waals surface area contributed by atoms with Gasteiger partial charge in [0.1, 0.15) is 0 Å². The number of benzene rings is 2. The molecule has 0 saturated carbocycles. The number of anilines is 2. The number of nitrogens with zero attached hydrogens (tertiary/aromatic N) is 1. The van der Waals surface area contributed by atoms with E-state index in [-0.39, 0.29) is 17.5 Å². The van der Waals surface area contributed by atoms with Crippen molar-refractivity contribution in [3.63, 3.8) is 0 Å². The van der Waals surface area contributed by atoms with Crippen LogP contribution in [0.3, 0.4) is 0 Å². The smallest absolute Gasteiger partial charge is 0.427 e. The number of rotatable bonds is 6. The number of carboxylic acid groups (broad SMARTS) is 1. The largest absolute Gasteiger partial charge is 0.464 e. The fourth-order valence-electron chi connectivity index (χ4n) is 4.30. The molecule has 0 bridgehead atoms. The van der Waals surface area contributed by atoms with E-state index in [4.69, 9.17) is 0 Å². The minimum Gasteiger partial charge on any atom is -0.464 e. The lowest BCUT2D eigenvalue weighted by Gasteiger charge is -2.34. The average Bonchev–Trinajstić information content (AvgIpc) is 2.66. The van der Waals surface area contributed by atoms with E-state index in [0.29, 0.717) is 21.1 Å². The van der Waals surface area contributed by atoms with Crippen LogP contribution in [0.2, 0.25) is 0 Å². The first-order valence-corrected chi connectivity index (χ1v) is 13.6. The second-order valence-corrected chi connectivity index (χ2v) is 13.5. The van der Waals surface area contributed by atoms with Crippen LogP contribution in [0, 0.1) is 6.92 Å².